The van der Waals surface area contributed by atoms with Crippen molar-refractivity contribution in [1.82, 2.24) is 23.6 Å². The van der Waals surface area contributed by atoms with Gasteiger partial charge in [-0.05, 0) is 43.8 Å². The Kier molecular flexibility index (Phi) is 5.65. The lowest BCUT2D eigenvalue weighted by Gasteiger charge is -2.10. The average Bonchev–Trinajstić information content (AvgIpc) is 3.49. The van der Waals surface area contributed by atoms with E-state index in [0.717, 1.165) is 52.8 Å². The third-order valence-corrected chi connectivity index (χ3v) is 7.47. The number of benzene rings is 1. The zero-order valence-electron chi connectivity index (χ0n) is 17.1. The van der Waals surface area contributed by atoms with E-state index in [2.05, 4.69) is 45.4 Å². The summed E-state index contributed by atoms with van der Waals surface area (Å²) in [5.41, 5.74) is 4.44. The van der Waals surface area contributed by atoms with Gasteiger partial charge in [-0.15, -0.1) is 5.10 Å². The first-order valence-electron chi connectivity index (χ1n) is 9.95. The Labute approximate surface area is 196 Å². The van der Waals surface area contributed by atoms with Crippen LogP contribution in [0.15, 0.2) is 48.9 Å². The van der Waals surface area contributed by atoms with Gasteiger partial charge in [-0.1, -0.05) is 12.1 Å². The maximum atomic E-state index is 13.9. The van der Waals surface area contributed by atoms with Gasteiger partial charge in [0, 0.05) is 72.0 Å². The molecule has 5 rings (SSSR count). The van der Waals surface area contributed by atoms with Crippen molar-refractivity contribution in [1.29, 1.82) is 0 Å². The van der Waals surface area contributed by atoms with E-state index in [4.69, 9.17) is 14.8 Å². The number of hydrogen-bond acceptors (Lipinski definition) is 5. The van der Waals surface area contributed by atoms with Crippen molar-refractivity contribution in [2.24, 2.45) is 0 Å². The standard InChI is InChI=1S/C22H21FIN5OS/c1-27-7-6-17(11-27)28-12-20(22(26-28)30-2)15-9-18-19(14-4-3-5-16(23)8-14)13-29(31-24)21(18)25-10-15/h3-5,8-10,12-13,17H,6-7,11H2,1-2H3. The predicted octanol–water partition coefficient (Wildman–Crippen LogP) is 5.44. The van der Waals surface area contributed by atoms with Crippen LogP contribution in [0, 0.1) is 5.82 Å². The third-order valence-electron chi connectivity index (χ3n) is 5.76. The van der Waals surface area contributed by atoms with E-state index in [1.54, 1.807) is 19.2 Å². The summed E-state index contributed by atoms with van der Waals surface area (Å²) in [5, 5.41) is 5.66. The molecule has 3 aromatic heterocycles. The lowest BCUT2D eigenvalue weighted by atomic mass is 10.0. The Hall–Kier alpha value is -2.11. The Morgan fingerprint density at radius 1 is 1.19 bits per heavy atom. The molecule has 1 aliphatic heterocycles. The van der Waals surface area contributed by atoms with Crippen LogP contribution >= 0.6 is 30.3 Å². The summed E-state index contributed by atoms with van der Waals surface area (Å²) in [4.78, 5) is 7.04. The highest BCUT2D eigenvalue weighted by atomic mass is 127. The smallest absolute Gasteiger partial charge is 0.240 e. The Morgan fingerprint density at radius 2 is 2.06 bits per heavy atom. The van der Waals surface area contributed by atoms with Crippen LogP contribution in [0.25, 0.3) is 33.3 Å². The van der Waals surface area contributed by atoms with E-state index >= 15 is 0 Å². The molecule has 160 valence electrons. The zero-order chi connectivity index (χ0) is 21.5. The molecule has 31 heavy (non-hydrogen) atoms. The highest BCUT2D eigenvalue weighted by molar-refractivity contribution is 14.2. The van der Waals surface area contributed by atoms with Crippen LogP contribution in [0.1, 0.15) is 12.5 Å². The van der Waals surface area contributed by atoms with Crippen LogP contribution in [0.3, 0.4) is 0 Å². The van der Waals surface area contributed by atoms with Gasteiger partial charge in [0.2, 0.25) is 5.88 Å². The molecule has 4 aromatic rings. The van der Waals surface area contributed by atoms with Gasteiger partial charge in [0.1, 0.15) is 5.82 Å². The lowest BCUT2D eigenvalue weighted by molar-refractivity contribution is 0.361. The fraction of sp³-hybridized carbons (Fsp3) is 0.273. The second-order valence-corrected chi connectivity index (χ2v) is 9.49. The molecule has 0 saturated carbocycles. The molecule has 0 aliphatic carbocycles. The zero-order valence-corrected chi connectivity index (χ0v) is 20.1. The number of methoxy groups -OCH3 is 1. The summed E-state index contributed by atoms with van der Waals surface area (Å²) in [6, 6.07) is 9.09. The number of aromatic nitrogens is 4. The fourth-order valence-corrected chi connectivity index (χ4v) is 5.46. The molecule has 9 heteroatoms. The molecule has 0 spiro atoms. The number of ether oxygens (including phenoxy) is 1. The largest absolute Gasteiger partial charge is 0.479 e. The quantitative estimate of drug-likeness (QED) is 0.311. The third kappa shape index (κ3) is 3.83. The maximum Gasteiger partial charge on any atom is 0.240 e. The number of pyridine rings is 1. The van der Waals surface area contributed by atoms with E-state index in [1.165, 1.54) is 15.2 Å². The van der Waals surface area contributed by atoms with Gasteiger partial charge in [0.15, 0.2) is 5.65 Å². The number of rotatable bonds is 5. The molecule has 6 nitrogen and oxygen atoms in total. The Balaban J connectivity index is 1.63. The number of likely N-dealkylation sites (N-methyl/N-ethyl adjacent to an activating group) is 1. The molecule has 1 saturated heterocycles. The number of likely N-dealkylation sites (tertiary alicyclic amines) is 1. The minimum absolute atomic E-state index is 0.255. The van der Waals surface area contributed by atoms with Crippen LogP contribution in [0.5, 0.6) is 5.88 Å². The molecule has 0 radical (unpaired) electrons. The molecule has 1 atom stereocenters. The molecule has 1 fully saturated rings. The van der Waals surface area contributed by atoms with Crippen LogP contribution in [0.2, 0.25) is 0 Å². The summed E-state index contributed by atoms with van der Waals surface area (Å²) in [6.45, 7) is 2.04. The van der Waals surface area contributed by atoms with Gasteiger partial charge >= 0.3 is 0 Å². The lowest BCUT2D eigenvalue weighted by Crippen LogP contribution is -2.16. The molecule has 0 bridgehead atoms. The molecule has 1 aromatic carbocycles. The first kappa shape index (κ1) is 20.8. The molecule has 0 N–H and O–H groups in total. The van der Waals surface area contributed by atoms with Gasteiger partial charge < -0.3 is 9.64 Å². The Morgan fingerprint density at radius 3 is 2.77 bits per heavy atom. The van der Waals surface area contributed by atoms with Crippen LogP contribution in [-0.2, 0) is 0 Å². The summed E-state index contributed by atoms with van der Waals surface area (Å²) in [5.74, 6) is 0.333. The monoisotopic (exact) mass is 549 g/mol. The Bertz CT molecular complexity index is 1260. The van der Waals surface area contributed by atoms with E-state index < -0.39 is 0 Å². The van der Waals surface area contributed by atoms with Gasteiger partial charge in [-0.25, -0.2) is 9.37 Å². The summed E-state index contributed by atoms with van der Waals surface area (Å²) in [7, 11) is 5.30. The summed E-state index contributed by atoms with van der Waals surface area (Å²) >= 11 is 2.23. The second kappa shape index (κ2) is 8.44. The molecular formula is C22H21FIN5OS. The first-order valence-corrected chi connectivity index (χ1v) is 13.3. The molecule has 1 unspecified atom stereocenters. The number of fused-ring (bicyclic) bond motifs is 1. The van der Waals surface area contributed by atoms with Crippen molar-refractivity contribution in [2.45, 2.75) is 12.5 Å². The SMILES string of the molecule is COc1nn(C2CCN(C)C2)cc1-c1cnc2c(c1)c(-c1cccc(F)c1)cn2SI. The van der Waals surface area contributed by atoms with E-state index in [1.807, 2.05) is 27.1 Å². The summed E-state index contributed by atoms with van der Waals surface area (Å²) in [6.07, 6.45) is 6.98. The van der Waals surface area contributed by atoms with Gasteiger partial charge in [0.25, 0.3) is 0 Å². The molecule has 0 amide bonds. The van der Waals surface area contributed by atoms with Gasteiger partial charge in [0.05, 0.1) is 18.7 Å². The topological polar surface area (TPSA) is 48.1 Å². The number of hydrogen-bond donors (Lipinski definition) is 0. The van der Waals surface area contributed by atoms with Crippen molar-refractivity contribution < 1.29 is 9.13 Å². The number of halogens is 2. The van der Waals surface area contributed by atoms with Crippen LogP contribution in [-0.4, -0.2) is 50.9 Å². The fourth-order valence-electron chi connectivity index (χ4n) is 4.20. The normalized spacial score (nSPS) is 17.0. The molecule has 1 aliphatic rings. The highest BCUT2D eigenvalue weighted by Crippen LogP contribution is 2.38. The van der Waals surface area contributed by atoms with E-state index in [-0.39, 0.29) is 5.82 Å². The molecular weight excluding hydrogens is 528 g/mol. The average molecular weight is 549 g/mol. The summed E-state index contributed by atoms with van der Waals surface area (Å²) < 4.78 is 23.5. The van der Waals surface area contributed by atoms with Crippen molar-refractivity contribution >= 4 is 41.4 Å². The minimum Gasteiger partial charge on any atom is -0.479 e. The van der Waals surface area contributed by atoms with E-state index in [9.17, 15) is 4.39 Å². The van der Waals surface area contributed by atoms with Gasteiger partial charge in [-0.2, -0.15) is 0 Å². The van der Waals surface area contributed by atoms with Gasteiger partial charge in [-0.3, -0.25) is 8.65 Å². The minimum atomic E-state index is -0.255. The van der Waals surface area contributed by atoms with Crippen LogP contribution in [0.4, 0.5) is 4.39 Å². The predicted molar refractivity (Wildman–Crippen MR) is 131 cm³/mol. The maximum absolute atomic E-state index is 13.9. The van der Waals surface area contributed by atoms with Crippen molar-refractivity contribution in [2.75, 3.05) is 27.2 Å². The first-order chi connectivity index (χ1) is 15.1. The van der Waals surface area contributed by atoms with Crippen LogP contribution < -0.4 is 4.74 Å². The number of nitrogens with zero attached hydrogens (tertiary/aromatic N) is 5. The van der Waals surface area contributed by atoms with Crippen molar-refractivity contribution in [3.05, 3.63) is 54.7 Å². The van der Waals surface area contributed by atoms with Crippen molar-refractivity contribution in [3.63, 3.8) is 0 Å². The van der Waals surface area contributed by atoms with Crippen molar-refractivity contribution in [3.8, 4) is 28.1 Å². The second-order valence-electron chi connectivity index (χ2n) is 7.78. The molecule has 4 heterocycles. The van der Waals surface area contributed by atoms with E-state index in [0.29, 0.717) is 11.9 Å². The highest BCUT2D eigenvalue weighted by Gasteiger charge is 2.24.